The van der Waals surface area contributed by atoms with E-state index in [1.165, 1.54) is 4.70 Å². The summed E-state index contributed by atoms with van der Waals surface area (Å²) in [5.74, 6) is 0. The van der Waals surface area contributed by atoms with Crippen LogP contribution in [-0.4, -0.2) is 5.11 Å². The standard InChI is InChI=1S/C9H8INOS/c10-8-6(4-12)2-1-5-3-7(11)13-9(5)8/h1-3,12H,4,11H2. The van der Waals surface area contributed by atoms with Gasteiger partial charge >= 0.3 is 0 Å². The normalized spacial score (nSPS) is 10.9. The van der Waals surface area contributed by atoms with Crippen LogP contribution in [0.3, 0.4) is 0 Å². The van der Waals surface area contributed by atoms with E-state index in [4.69, 9.17) is 10.8 Å². The molecule has 0 bridgehead atoms. The quantitative estimate of drug-likeness (QED) is 0.796. The van der Waals surface area contributed by atoms with Crippen LogP contribution >= 0.6 is 33.9 Å². The summed E-state index contributed by atoms with van der Waals surface area (Å²) in [4.78, 5) is 0. The number of rotatable bonds is 1. The van der Waals surface area contributed by atoms with Gasteiger partial charge in [0.25, 0.3) is 0 Å². The van der Waals surface area contributed by atoms with E-state index in [2.05, 4.69) is 22.6 Å². The third-order valence-electron chi connectivity index (χ3n) is 1.90. The van der Waals surface area contributed by atoms with Gasteiger partial charge in [0.1, 0.15) is 0 Å². The van der Waals surface area contributed by atoms with E-state index < -0.39 is 0 Å². The minimum Gasteiger partial charge on any atom is -0.392 e. The highest BCUT2D eigenvalue weighted by Gasteiger charge is 2.06. The van der Waals surface area contributed by atoms with Gasteiger partial charge in [-0.25, -0.2) is 0 Å². The lowest BCUT2D eigenvalue weighted by Crippen LogP contribution is -1.86. The van der Waals surface area contributed by atoms with Crippen molar-refractivity contribution in [1.29, 1.82) is 0 Å². The van der Waals surface area contributed by atoms with Crippen molar-refractivity contribution >= 4 is 49.0 Å². The molecule has 68 valence electrons. The molecule has 0 unspecified atom stereocenters. The SMILES string of the molecule is Nc1cc2ccc(CO)c(I)c2s1. The van der Waals surface area contributed by atoms with Crippen molar-refractivity contribution in [3.05, 3.63) is 27.3 Å². The number of hydrogen-bond acceptors (Lipinski definition) is 3. The first-order valence-corrected chi connectivity index (χ1v) is 5.69. The van der Waals surface area contributed by atoms with Gasteiger partial charge in [-0.05, 0) is 39.6 Å². The first kappa shape index (κ1) is 9.23. The van der Waals surface area contributed by atoms with Crippen LogP contribution in [0.25, 0.3) is 10.1 Å². The van der Waals surface area contributed by atoms with Crippen molar-refractivity contribution in [2.45, 2.75) is 6.61 Å². The Hall–Kier alpha value is -0.330. The first-order valence-electron chi connectivity index (χ1n) is 3.79. The molecule has 2 nitrogen and oxygen atoms in total. The summed E-state index contributed by atoms with van der Waals surface area (Å²) < 4.78 is 2.28. The highest BCUT2D eigenvalue weighted by molar-refractivity contribution is 14.1. The topological polar surface area (TPSA) is 46.2 Å². The summed E-state index contributed by atoms with van der Waals surface area (Å²) >= 11 is 3.81. The number of thiophene rings is 1. The molecule has 0 atom stereocenters. The number of fused-ring (bicyclic) bond motifs is 1. The van der Waals surface area contributed by atoms with Crippen LogP contribution in [0.5, 0.6) is 0 Å². The van der Waals surface area contributed by atoms with Crippen LogP contribution in [0.15, 0.2) is 18.2 Å². The van der Waals surface area contributed by atoms with E-state index >= 15 is 0 Å². The van der Waals surface area contributed by atoms with Gasteiger partial charge in [0, 0.05) is 3.57 Å². The molecule has 4 heteroatoms. The molecule has 0 saturated heterocycles. The second kappa shape index (κ2) is 3.43. The number of benzene rings is 1. The molecule has 0 amide bonds. The van der Waals surface area contributed by atoms with E-state index in [-0.39, 0.29) is 6.61 Å². The Kier molecular flexibility index (Phi) is 2.44. The minimum absolute atomic E-state index is 0.0893. The molecule has 0 aliphatic carbocycles. The summed E-state index contributed by atoms with van der Waals surface area (Å²) in [6.07, 6.45) is 0. The maximum Gasteiger partial charge on any atom is 0.0869 e. The maximum absolute atomic E-state index is 9.05. The maximum atomic E-state index is 9.05. The largest absolute Gasteiger partial charge is 0.392 e. The Morgan fingerprint density at radius 3 is 2.92 bits per heavy atom. The first-order chi connectivity index (χ1) is 6.22. The second-order valence-corrected chi connectivity index (χ2v) is 4.93. The Bertz CT molecular complexity index is 452. The molecule has 0 aliphatic rings. The number of halogens is 1. The molecular formula is C9H8INOS. The van der Waals surface area contributed by atoms with Gasteiger partial charge in [0.2, 0.25) is 0 Å². The molecule has 2 aromatic rings. The molecule has 0 saturated carbocycles. The van der Waals surface area contributed by atoms with Crippen LogP contribution in [0, 0.1) is 3.57 Å². The zero-order valence-electron chi connectivity index (χ0n) is 6.75. The molecular weight excluding hydrogens is 297 g/mol. The highest BCUT2D eigenvalue weighted by atomic mass is 127. The average molecular weight is 305 g/mol. The molecule has 1 aromatic heterocycles. The monoisotopic (exact) mass is 305 g/mol. The summed E-state index contributed by atoms with van der Waals surface area (Å²) in [7, 11) is 0. The lowest BCUT2D eigenvalue weighted by atomic mass is 10.2. The fourth-order valence-electron chi connectivity index (χ4n) is 1.25. The zero-order chi connectivity index (χ0) is 9.42. The Balaban J connectivity index is 2.78. The molecule has 1 aromatic carbocycles. The van der Waals surface area contributed by atoms with E-state index in [9.17, 15) is 0 Å². The second-order valence-electron chi connectivity index (χ2n) is 2.76. The van der Waals surface area contributed by atoms with Crippen molar-refractivity contribution in [3.8, 4) is 0 Å². The van der Waals surface area contributed by atoms with E-state index in [1.807, 2.05) is 18.2 Å². The predicted molar refractivity (Wildman–Crippen MR) is 64.9 cm³/mol. The minimum atomic E-state index is 0.0893. The third-order valence-corrected chi connectivity index (χ3v) is 4.49. The van der Waals surface area contributed by atoms with Crippen LogP contribution < -0.4 is 5.73 Å². The Morgan fingerprint density at radius 2 is 2.23 bits per heavy atom. The van der Waals surface area contributed by atoms with Gasteiger partial charge in [-0.1, -0.05) is 12.1 Å². The third kappa shape index (κ3) is 1.53. The number of anilines is 1. The van der Waals surface area contributed by atoms with Gasteiger partial charge in [-0.3, -0.25) is 0 Å². The van der Waals surface area contributed by atoms with Crippen molar-refractivity contribution in [1.82, 2.24) is 0 Å². The van der Waals surface area contributed by atoms with Gasteiger partial charge in [0.05, 0.1) is 16.3 Å². The smallest absolute Gasteiger partial charge is 0.0869 e. The number of nitrogens with two attached hydrogens (primary N) is 1. The fourth-order valence-corrected chi connectivity index (χ4v) is 3.13. The molecule has 3 N–H and O–H groups in total. The average Bonchev–Trinajstić information content (AvgIpc) is 2.47. The molecule has 13 heavy (non-hydrogen) atoms. The predicted octanol–water partition coefficient (Wildman–Crippen LogP) is 2.58. The Labute approximate surface area is 93.5 Å². The molecule has 1 heterocycles. The molecule has 0 fully saturated rings. The van der Waals surface area contributed by atoms with Crippen LogP contribution in [0.2, 0.25) is 0 Å². The molecule has 0 aliphatic heterocycles. The van der Waals surface area contributed by atoms with E-state index in [0.717, 1.165) is 19.5 Å². The van der Waals surface area contributed by atoms with Crippen LogP contribution in [0.1, 0.15) is 5.56 Å². The lowest BCUT2D eigenvalue weighted by molar-refractivity contribution is 0.281. The fraction of sp³-hybridized carbons (Fsp3) is 0.111. The van der Waals surface area contributed by atoms with Gasteiger partial charge in [0.15, 0.2) is 0 Å². The van der Waals surface area contributed by atoms with Gasteiger partial charge in [-0.15, -0.1) is 11.3 Å². The van der Waals surface area contributed by atoms with Crippen molar-refractivity contribution in [2.24, 2.45) is 0 Å². The van der Waals surface area contributed by atoms with Crippen LogP contribution in [0.4, 0.5) is 5.00 Å². The summed E-state index contributed by atoms with van der Waals surface area (Å²) in [6, 6.07) is 5.90. The van der Waals surface area contributed by atoms with Crippen molar-refractivity contribution in [2.75, 3.05) is 5.73 Å². The molecule has 0 spiro atoms. The summed E-state index contributed by atoms with van der Waals surface area (Å²) in [6.45, 7) is 0.0893. The number of aliphatic hydroxyl groups is 1. The lowest BCUT2D eigenvalue weighted by Gasteiger charge is -2.00. The van der Waals surface area contributed by atoms with Crippen LogP contribution in [-0.2, 0) is 6.61 Å². The molecule has 0 radical (unpaired) electrons. The zero-order valence-corrected chi connectivity index (χ0v) is 9.72. The van der Waals surface area contributed by atoms with E-state index in [0.29, 0.717) is 0 Å². The highest BCUT2D eigenvalue weighted by Crippen LogP contribution is 2.33. The summed E-state index contributed by atoms with van der Waals surface area (Å²) in [5, 5.41) is 11.0. The van der Waals surface area contributed by atoms with E-state index in [1.54, 1.807) is 11.3 Å². The number of aliphatic hydroxyl groups excluding tert-OH is 1. The van der Waals surface area contributed by atoms with Gasteiger partial charge < -0.3 is 10.8 Å². The summed E-state index contributed by atoms with van der Waals surface area (Å²) in [5.41, 5.74) is 6.67. The van der Waals surface area contributed by atoms with Crippen molar-refractivity contribution in [3.63, 3.8) is 0 Å². The number of hydrogen-bond donors (Lipinski definition) is 2. The van der Waals surface area contributed by atoms with Gasteiger partial charge in [-0.2, -0.15) is 0 Å². The number of nitrogen functional groups attached to an aromatic ring is 1. The van der Waals surface area contributed by atoms with Crippen molar-refractivity contribution < 1.29 is 5.11 Å². The molecule has 2 rings (SSSR count). The Morgan fingerprint density at radius 1 is 1.46 bits per heavy atom.